The van der Waals surface area contributed by atoms with E-state index in [-0.39, 0.29) is 5.82 Å². The maximum absolute atomic E-state index is 13.0. The molecule has 3 aromatic rings. The van der Waals surface area contributed by atoms with Gasteiger partial charge in [0.1, 0.15) is 11.5 Å². The Morgan fingerprint density at radius 2 is 1.54 bits per heavy atom. The van der Waals surface area contributed by atoms with E-state index >= 15 is 0 Å². The Morgan fingerprint density at radius 3 is 2.29 bits per heavy atom. The topological polar surface area (TPSA) is 32.5 Å². The largest absolute Gasteiger partial charge is 0.356 e. The van der Waals surface area contributed by atoms with E-state index in [1.54, 1.807) is 0 Å². The first kappa shape index (κ1) is 15.3. The van der Waals surface area contributed by atoms with Crippen LogP contribution in [0.15, 0.2) is 53.1 Å². The number of aromatic nitrogens is 1. The molecule has 1 aliphatic heterocycles. The summed E-state index contributed by atoms with van der Waals surface area (Å²) in [6.45, 7) is 5.72. The van der Waals surface area contributed by atoms with Gasteiger partial charge in [0.15, 0.2) is 5.58 Å². The smallest absolute Gasteiger partial charge is 0.167 e. The van der Waals surface area contributed by atoms with E-state index in [0.717, 1.165) is 61.5 Å². The highest BCUT2D eigenvalue weighted by molar-refractivity contribution is 5.79. The number of fused-ring (bicyclic) bond motifs is 1. The van der Waals surface area contributed by atoms with Crippen molar-refractivity contribution < 1.29 is 8.91 Å². The minimum absolute atomic E-state index is 0.177. The minimum Gasteiger partial charge on any atom is -0.356 e. The first-order valence-electron chi connectivity index (χ1n) is 8.30. The molecular formula is C19H20FN3O. The Bertz CT molecular complexity index is 807. The van der Waals surface area contributed by atoms with Crippen molar-refractivity contribution in [2.24, 2.45) is 0 Å². The lowest BCUT2D eigenvalue weighted by Gasteiger charge is -2.34. The van der Waals surface area contributed by atoms with Gasteiger partial charge in [0.05, 0.1) is 0 Å². The molecule has 0 aliphatic carbocycles. The number of nitrogens with zero attached hydrogens (tertiary/aromatic N) is 3. The van der Waals surface area contributed by atoms with E-state index < -0.39 is 0 Å². The fourth-order valence-corrected chi connectivity index (χ4v) is 3.22. The molecule has 24 heavy (non-hydrogen) atoms. The monoisotopic (exact) mass is 325 g/mol. The zero-order valence-electron chi connectivity index (χ0n) is 13.5. The van der Waals surface area contributed by atoms with E-state index in [0.29, 0.717) is 0 Å². The lowest BCUT2D eigenvalue weighted by molar-refractivity contribution is 0.120. The van der Waals surface area contributed by atoms with Gasteiger partial charge in [0.25, 0.3) is 0 Å². The first-order valence-corrected chi connectivity index (χ1v) is 8.30. The first-order chi connectivity index (χ1) is 11.8. The van der Waals surface area contributed by atoms with Gasteiger partial charge in [0.2, 0.25) is 0 Å². The van der Waals surface area contributed by atoms with Crippen molar-refractivity contribution in [3.05, 3.63) is 65.6 Å². The summed E-state index contributed by atoms with van der Waals surface area (Å²) in [7, 11) is 0. The van der Waals surface area contributed by atoms with Gasteiger partial charge in [-0.15, -0.1) is 0 Å². The van der Waals surface area contributed by atoms with E-state index in [1.807, 2.05) is 30.3 Å². The minimum atomic E-state index is -0.177. The molecule has 1 fully saturated rings. The number of halogens is 1. The van der Waals surface area contributed by atoms with Gasteiger partial charge in [0, 0.05) is 44.7 Å². The molecule has 0 saturated carbocycles. The number of piperazine rings is 1. The quantitative estimate of drug-likeness (QED) is 0.737. The fraction of sp³-hybridized carbons (Fsp3) is 0.316. The highest BCUT2D eigenvalue weighted by atomic mass is 19.1. The van der Waals surface area contributed by atoms with Gasteiger partial charge in [-0.1, -0.05) is 29.4 Å². The second kappa shape index (κ2) is 6.71. The summed E-state index contributed by atoms with van der Waals surface area (Å²) in [5.74, 6) is -0.177. The van der Waals surface area contributed by atoms with Gasteiger partial charge in [-0.05, 0) is 29.8 Å². The van der Waals surface area contributed by atoms with Crippen LogP contribution in [0.3, 0.4) is 0 Å². The molecule has 1 saturated heterocycles. The molecule has 124 valence electrons. The summed E-state index contributed by atoms with van der Waals surface area (Å²) in [6.07, 6.45) is 0. The van der Waals surface area contributed by atoms with Crippen LogP contribution in [0.4, 0.5) is 4.39 Å². The number of rotatable bonds is 4. The van der Waals surface area contributed by atoms with E-state index in [9.17, 15) is 4.39 Å². The molecular weight excluding hydrogens is 305 g/mol. The Kier molecular flexibility index (Phi) is 4.28. The molecule has 0 atom stereocenters. The van der Waals surface area contributed by atoms with Crippen molar-refractivity contribution in [1.29, 1.82) is 0 Å². The van der Waals surface area contributed by atoms with Crippen molar-refractivity contribution in [2.45, 2.75) is 13.1 Å². The molecule has 2 heterocycles. The Labute approximate surface area is 140 Å². The summed E-state index contributed by atoms with van der Waals surface area (Å²) in [5, 5.41) is 5.32. The van der Waals surface area contributed by atoms with Gasteiger partial charge in [-0.25, -0.2) is 4.39 Å². The molecule has 0 bridgehead atoms. The zero-order chi connectivity index (χ0) is 16.4. The highest BCUT2D eigenvalue weighted by Crippen LogP contribution is 2.20. The lowest BCUT2D eigenvalue weighted by Crippen LogP contribution is -2.45. The van der Waals surface area contributed by atoms with Crippen molar-refractivity contribution in [3.8, 4) is 0 Å². The average molecular weight is 325 g/mol. The van der Waals surface area contributed by atoms with Crippen LogP contribution in [0.5, 0.6) is 0 Å². The van der Waals surface area contributed by atoms with Gasteiger partial charge in [-0.3, -0.25) is 9.80 Å². The van der Waals surface area contributed by atoms with Crippen molar-refractivity contribution in [3.63, 3.8) is 0 Å². The summed E-state index contributed by atoms with van der Waals surface area (Å²) in [6, 6.07) is 14.8. The third kappa shape index (κ3) is 3.32. The zero-order valence-corrected chi connectivity index (χ0v) is 13.5. The van der Waals surface area contributed by atoms with Crippen molar-refractivity contribution >= 4 is 11.0 Å². The summed E-state index contributed by atoms with van der Waals surface area (Å²) >= 11 is 0. The molecule has 2 aromatic carbocycles. The van der Waals surface area contributed by atoms with Crippen LogP contribution in [0.25, 0.3) is 11.0 Å². The van der Waals surface area contributed by atoms with Crippen LogP contribution < -0.4 is 0 Å². The normalized spacial score (nSPS) is 16.7. The summed E-state index contributed by atoms with van der Waals surface area (Å²) < 4.78 is 18.4. The molecule has 4 rings (SSSR count). The fourth-order valence-electron chi connectivity index (χ4n) is 3.22. The summed E-state index contributed by atoms with van der Waals surface area (Å²) in [4.78, 5) is 4.82. The second-order valence-electron chi connectivity index (χ2n) is 6.30. The molecule has 1 aromatic heterocycles. The van der Waals surface area contributed by atoms with Crippen molar-refractivity contribution in [1.82, 2.24) is 15.0 Å². The maximum atomic E-state index is 13.0. The number of hydrogen-bond acceptors (Lipinski definition) is 4. The van der Waals surface area contributed by atoms with Gasteiger partial charge < -0.3 is 4.52 Å². The van der Waals surface area contributed by atoms with E-state index in [4.69, 9.17) is 4.52 Å². The predicted molar refractivity (Wildman–Crippen MR) is 91.0 cm³/mol. The van der Waals surface area contributed by atoms with Crippen LogP contribution >= 0.6 is 0 Å². The molecule has 0 unspecified atom stereocenters. The van der Waals surface area contributed by atoms with Crippen LogP contribution in [0.2, 0.25) is 0 Å². The predicted octanol–water partition coefficient (Wildman–Crippen LogP) is 3.28. The molecule has 0 spiro atoms. The number of hydrogen-bond donors (Lipinski definition) is 0. The Hall–Kier alpha value is -2.24. The van der Waals surface area contributed by atoms with Crippen molar-refractivity contribution in [2.75, 3.05) is 26.2 Å². The highest BCUT2D eigenvalue weighted by Gasteiger charge is 2.19. The molecule has 0 N–H and O–H groups in total. The van der Waals surface area contributed by atoms with Gasteiger partial charge >= 0.3 is 0 Å². The van der Waals surface area contributed by atoms with E-state index in [2.05, 4.69) is 21.0 Å². The standard InChI is InChI=1S/C19H20FN3O/c20-16-7-5-15(6-8-16)13-22-9-11-23(12-10-22)14-18-17-3-1-2-4-19(17)24-21-18/h1-8H,9-14H2. The molecule has 0 radical (unpaired) electrons. The van der Waals surface area contributed by atoms with E-state index in [1.165, 1.54) is 12.1 Å². The number of benzene rings is 2. The van der Waals surface area contributed by atoms with Crippen LogP contribution in [0.1, 0.15) is 11.3 Å². The van der Waals surface area contributed by atoms with Crippen LogP contribution in [-0.2, 0) is 13.1 Å². The SMILES string of the molecule is Fc1ccc(CN2CCN(Cc3noc4ccccc34)CC2)cc1. The molecule has 4 nitrogen and oxygen atoms in total. The maximum Gasteiger partial charge on any atom is 0.167 e. The van der Waals surface area contributed by atoms with Crippen LogP contribution in [0, 0.1) is 5.82 Å². The second-order valence-corrected chi connectivity index (χ2v) is 6.30. The summed E-state index contributed by atoms with van der Waals surface area (Å²) in [5.41, 5.74) is 3.02. The third-order valence-electron chi connectivity index (χ3n) is 4.61. The molecule has 1 aliphatic rings. The third-order valence-corrected chi connectivity index (χ3v) is 4.61. The molecule has 5 heteroatoms. The average Bonchev–Trinajstić information content (AvgIpc) is 3.02. The Morgan fingerprint density at radius 1 is 0.875 bits per heavy atom. The Balaban J connectivity index is 1.33. The number of para-hydroxylation sites is 1. The lowest BCUT2D eigenvalue weighted by atomic mass is 10.1. The molecule has 0 amide bonds. The van der Waals surface area contributed by atoms with Crippen LogP contribution in [-0.4, -0.2) is 41.1 Å². The van der Waals surface area contributed by atoms with Gasteiger partial charge in [-0.2, -0.15) is 0 Å².